The van der Waals surface area contributed by atoms with Gasteiger partial charge in [-0.15, -0.1) is 0 Å². The van der Waals surface area contributed by atoms with Crippen LogP contribution in [0.3, 0.4) is 0 Å². The van der Waals surface area contributed by atoms with E-state index in [4.69, 9.17) is 10.5 Å². The van der Waals surface area contributed by atoms with Crippen LogP contribution < -0.4 is 5.73 Å². The molecule has 19 heavy (non-hydrogen) atoms. The molecule has 1 aromatic carbocycles. The summed E-state index contributed by atoms with van der Waals surface area (Å²) in [5, 5.41) is 0. The Balaban J connectivity index is 2.99. The van der Waals surface area contributed by atoms with Gasteiger partial charge in [0, 0.05) is 25.4 Å². The Labute approximate surface area is 113 Å². The highest BCUT2D eigenvalue weighted by molar-refractivity contribution is 7.89. The number of anilines is 1. The number of halogens is 1. The maximum atomic E-state index is 13.7. The van der Waals surface area contributed by atoms with Gasteiger partial charge in [0.05, 0.1) is 6.61 Å². The third kappa shape index (κ3) is 3.89. The molecule has 0 saturated carbocycles. The summed E-state index contributed by atoms with van der Waals surface area (Å²) < 4.78 is 44.6. The summed E-state index contributed by atoms with van der Waals surface area (Å²) in [6, 6.07) is 3.55. The van der Waals surface area contributed by atoms with Crippen LogP contribution in [0.25, 0.3) is 0 Å². The van der Waals surface area contributed by atoms with E-state index < -0.39 is 15.8 Å². The first-order valence-corrected chi connectivity index (χ1v) is 7.50. The quantitative estimate of drug-likeness (QED) is 0.609. The minimum Gasteiger partial charge on any atom is -0.399 e. The average Bonchev–Trinajstić information content (AvgIpc) is 2.33. The van der Waals surface area contributed by atoms with Crippen molar-refractivity contribution < 1.29 is 17.5 Å². The number of benzene rings is 1. The number of nitrogens with zero attached hydrogens (tertiary/aromatic N) is 1. The van der Waals surface area contributed by atoms with E-state index in [-0.39, 0.29) is 30.3 Å². The van der Waals surface area contributed by atoms with Crippen LogP contribution in [-0.4, -0.2) is 39.0 Å². The van der Waals surface area contributed by atoms with E-state index in [1.54, 1.807) is 6.92 Å². The maximum Gasteiger partial charge on any atom is 0.246 e. The first-order valence-electron chi connectivity index (χ1n) is 6.06. The summed E-state index contributed by atoms with van der Waals surface area (Å²) in [4.78, 5) is -0.361. The minimum absolute atomic E-state index is 0.189. The molecule has 5 nitrogen and oxygen atoms in total. The summed E-state index contributed by atoms with van der Waals surface area (Å²) in [6.45, 7) is 4.74. The highest BCUT2D eigenvalue weighted by atomic mass is 32.2. The number of nitrogens with two attached hydrogens (primary N) is 1. The van der Waals surface area contributed by atoms with Crippen molar-refractivity contribution in [3.63, 3.8) is 0 Å². The fourth-order valence-corrected chi connectivity index (χ4v) is 3.10. The number of rotatable bonds is 7. The molecule has 0 aliphatic heterocycles. The second kappa shape index (κ2) is 6.83. The van der Waals surface area contributed by atoms with Gasteiger partial charge in [-0.2, -0.15) is 4.31 Å². The zero-order chi connectivity index (χ0) is 14.5. The zero-order valence-corrected chi connectivity index (χ0v) is 11.9. The number of hydrogen-bond donors (Lipinski definition) is 1. The molecule has 0 fully saturated rings. The number of hydrogen-bond acceptors (Lipinski definition) is 4. The van der Waals surface area contributed by atoms with Gasteiger partial charge in [-0.05, 0) is 25.1 Å². The summed E-state index contributed by atoms with van der Waals surface area (Å²) in [5.41, 5.74) is 5.60. The van der Waals surface area contributed by atoms with Crippen molar-refractivity contribution in [3.05, 3.63) is 24.0 Å². The van der Waals surface area contributed by atoms with Gasteiger partial charge in [0.1, 0.15) is 10.7 Å². The molecule has 0 heterocycles. The van der Waals surface area contributed by atoms with Crippen LogP contribution in [0.1, 0.15) is 13.8 Å². The molecule has 1 rings (SSSR count). The summed E-state index contributed by atoms with van der Waals surface area (Å²) >= 11 is 0. The summed E-state index contributed by atoms with van der Waals surface area (Å²) in [5.74, 6) is -0.838. The average molecular weight is 290 g/mol. The van der Waals surface area contributed by atoms with E-state index in [1.807, 2.05) is 6.92 Å². The molecule has 0 aliphatic carbocycles. The third-order valence-electron chi connectivity index (χ3n) is 2.62. The van der Waals surface area contributed by atoms with Gasteiger partial charge in [0.25, 0.3) is 0 Å². The van der Waals surface area contributed by atoms with Crippen LogP contribution in [0.2, 0.25) is 0 Å². The first-order chi connectivity index (χ1) is 8.93. The Bertz CT molecular complexity index is 520. The Morgan fingerprint density at radius 1 is 1.37 bits per heavy atom. The lowest BCUT2D eigenvalue weighted by Crippen LogP contribution is -2.34. The summed E-state index contributed by atoms with van der Waals surface area (Å²) in [7, 11) is -3.86. The molecule has 0 aromatic heterocycles. The smallest absolute Gasteiger partial charge is 0.246 e. The predicted octanol–water partition coefficient (Wildman–Crippen LogP) is 1.45. The molecule has 108 valence electrons. The fourth-order valence-electron chi connectivity index (χ4n) is 1.62. The summed E-state index contributed by atoms with van der Waals surface area (Å²) in [6.07, 6.45) is 0. The van der Waals surface area contributed by atoms with Gasteiger partial charge < -0.3 is 10.5 Å². The van der Waals surface area contributed by atoms with Gasteiger partial charge in [-0.25, -0.2) is 12.8 Å². The molecule has 0 saturated heterocycles. The fraction of sp³-hybridized carbons (Fsp3) is 0.500. The van der Waals surface area contributed by atoms with Crippen molar-refractivity contribution in [2.75, 3.05) is 32.0 Å². The molecule has 0 amide bonds. The van der Waals surface area contributed by atoms with Crippen LogP contribution in [0.5, 0.6) is 0 Å². The highest BCUT2D eigenvalue weighted by Gasteiger charge is 2.26. The number of likely N-dealkylation sites (N-methyl/N-ethyl adjacent to an activating group) is 1. The lowest BCUT2D eigenvalue weighted by Gasteiger charge is -2.20. The van der Waals surface area contributed by atoms with Crippen molar-refractivity contribution in [2.45, 2.75) is 18.7 Å². The molecule has 2 N–H and O–H groups in total. The van der Waals surface area contributed by atoms with E-state index in [0.29, 0.717) is 6.61 Å². The Hall–Kier alpha value is -1.18. The molecule has 1 aromatic rings. The highest BCUT2D eigenvalue weighted by Crippen LogP contribution is 2.21. The van der Waals surface area contributed by atoms with Crippen molar-refractivity contribution >= 4 is 15.7 Å². The van der Waals surface area contributed by atoms with Gasteiger partial charge in [0.2, 0.25) is 10.0 Å². The SMILES string of the molecule is CCOCCN(CC)S(=O)(=O)c1ccc(N)cc1F. The van der Waals surface area contributed by atoms with Crippen LogP contribution in [0.4, 0.5) is 10.1 Å². The van der Waals surface area contributed by atoms with Gasteiger partial charge in [-0.1, -0.05) is 6.92 Å². The third-order valence-corrected chi connectivity index (χ3v) is 4.62. The van der Waals surface area contributed by atoms with Crippen LogP contribution in [0, 0.1) is 5.82 Å². The predicted molar refractivity (Wildman–Crippen MR) is 71.7 cm³/mol. The van der Waals surface area contributed by atoms with Crippen molar-refractivity contribution in [3.8, 4) is 0 Å². The Morgan fingerprint density at radius 3 is 2.58 bits per heavy atom. The van der Waals surface area contributed by atoms with Crippen LogP contribution in [-0.2, 0) is 14.8 Å². The Morgan fingerprint density at radius 2 is 2.05 bits per heavy atom. The lowest BCUT2D eigenvalue weighted by molar-refractivity contribution is 0.135. The van der Waals surface area contributed by atoms with Crippen molar-refractivity contribution in [1.29, 1.82) is 0 Å². The molecule has 0 aliphatic rings. The largest absolute Gasteiger partial charge is 0.399 e. The van der Waals surface area contributed by atoms with E-state index in [1.165, 1.54) is 16.4 Å². The molecular formula is C12H19FN2O3S. The second-order valence-electron chi connectivity index (χ2n) is 3.88. The number of ether oxygens (including phenoxy) is 1. The lowest BCUT2D eigenvalue weighted by atomic mass is 10.3. The molecular weight excluding hydrogens is 271 g/mol. The molecule has 0 radical (unpaired) electrons. The van der Waals surface area contributed by atoms with Crippen molar-refractivity contribution in [1.82, 2.24) is 4.31 Å². The van der Waals surface area contributed by atoms with Crippen molar-refractivity contribution in [2.24, 2.45) is 0 Å². The van der Waals surface area contributed by atoms with Crippen LogP contribution >= 0.6 is 0 Å². The molecule has 0 atom stereocenters. The first kappa shape index (κ1) is 15.9. The normalized spacial score (nSPS) is 12.0. The zero-order valence-electron chi connectivity index (χ0n) is 11.1. The number of nitrogen functional groups attached to an aromatic ring is 1. The molecule has 7 heteroatoms. The topological polar surface area (TPSA) is 72.6 Å². The molecule has 0 unspecified atom stereocenters. The number of sulfonamides is 1. The van der Waals surface area contributed by atoms with E-state index >= 15 is 0 Å². The standard InChI is InChI=1S/C12H19FN2O3S/c1-3-15(7-8-18-4-2)19(16,17)12-6-5-10(14)9-11(12)13/h5-6,9H,3-4,7-8,14H2,1-2H3. The Kier molecular flexibility index (Phi) is 5.71. The minimum atomic E-state index is -3.86. The van der Waals surface area contributed by atoms with E-state index in [2.05, 4.69) is 0 Å². The van der Waals surface area contributed by atoms with Crippen LogP contribution in [0.15, 0.2) is 23.1 Å². The monoisotopic (exact) mass is 290 g/mol. The van der Waals surface area contributed by atoms with Gasteiger partial charge in [-0.3, -0.25) is 0 Å². The van der Waals surface area contributed by atoms with E-state index in [9.17, 15) is 12.8 Å². The van der Waals surface area contributed by atoms with Gasteiger partial charge in [0.15, 0.2) is 0 Å². The molecule has 0 spiro atoms. The van der Waals surface area contributed by atoms with Gasteiger partial charge >= 0.3 is 0 Å². The maximum absolute atomic E-state index is 13.7. The second-order valence-corrected chi connectivity index (χ2v) is 5.79. The molecule has 0 bridgehead atoms. The van der Waals surface area contributed by atoms with E-state index in [0.717, 1.165) is 6.07 Å².